The van der Waals surface area contributed by atoms with Crippen molar-refractivity contribution < 1.29 is 29.4 Å². The maximum Gasteiger partial charge on any atom is 0.385 e. The van der Waals surface area contributed by atoms with Gasteiger partial charge in [-0.2, -0.15) is 0 Å². The fourth-order valence-corrected chi connectivity index (χ4v) is 3.31. The first-order valence-corrected chi connectivity index (χ1v) is 5.65. The van der Waals surface area contributed by atoms with E-state index in [0.29, 0.717) is 4.80 Å². The van der Waals surface area contributed by atoms with Crippen LogP contribution in [0.15, 0.2) is 4.34 Å². The third kappa shape index (κ3) is 3.31. The van der Waals surface area contributed by atoms with Gasteiger partial charge < -0.3 is 24.0 Å². The number of hydrogen-bond acceptors (Lipinski definition) is 4. The lowest BCUT2D eigenvalue weighted by Crippen LogP contribution is -3.00. The van der Waals surface area contributed by atoms with Crippen molar-refractivity contribution in [1.82, 2.24) is 4.98 Å². The summed E-state index contributed by atoms with van der Waals surface area (Å²) in [5.74, 6) is 1.07. The molecule has 0 bridgehead atoms. The zero-order valence-corrected chi connectivity index (χ0v) is 9.94. The summed E-state index contributed by atoms with van der Waals surface area (Å²) in [6.45, 7) is 2.10. The smallest absolute Gasteiger partial charge is 0.385 e. The molecule has 0 saturated carbocycles. The average Bonchev–Trinajstić information content (AvgIpc) is 2.17. The molecule has 0 fully saturated rings. The molecule has 0 aliphatic heterocycles. The molecule has 0 spiro atoms. The summed E-state index contributed by atoms with van der Waals surface area (Å²) < 4.78 is 1.08. The van der Waals surface area contributed by atoms with Crippen molar-refractivity contribution in [3.8, 4) is 0 Å². The van der Waals surface area contributed by atoms with E-state index in [1.54, 1.807) is 22.1 Å². The summed E-state index contributed by atoms with van der Waals surface area (Å²) in [5.41, 5.74) is 0. The normalized spacial score (nSPS) is 8.90. The van der Waals surface area contributed by atoms with Crippen LogP contribution >= 0.6 is 32.4 Å². The molecule has 2 nitrogen and oxygen atoms in total. The van der Waals surface area contributed by atoms with Gasteiger partial charge in [0.05, 0.1) is 0 Å². The predicted molar refractivity (Wildman–Crippen MR) is 41.4 cm³/mol. The van der Waals surface area contributed by atoms with Crippen LogP contribution in [0.4, 0.5) is 0 Å². The van der Waals surface area contributed by atoms with Crippen molar-refractivity contribution in [3.63, 3.8) is 0 Å². The van der Waals surface area contributed by atoms with Crippen LogP contribution in [-0.4, -0.2) is 10.7 Å². The minimum absolute atomic E-state index is 0. The van der Waals surface area contributed by atoms with Gasteiger partial charge in [0.25, 0.3) is 4.34 Å². The zero-order valence-electron chi connectivity index (χ0n) is 5.33. The van der Waals surface area contributed by atoms with Gasteiger partial charge in [-0.3, -0.25) is 5.41 Å². The van der Waals surface area contributed by atoms with Gasteiger partial charge in [-0.25, -0.2) is 0 Å². The van der Waals surface area contributed by atoms with Gasteiger partial charge in [0.1, 0.15) is 0 Å². The highest BCUT2D eigenvalue weighted by molar-refractivity contribution is 8.02. The maximum atomic E-state index is 5.41. The Bertz CT molecular complexity index is 230. The standard InChI is InChI=1S/C4H6N2S3.HI/c1-2-7-4-6-3(5)8-9-4;/h5H,2H2,1H3;1H. The minimum atomic E-state index is 0. The SMILES string of the molecule is CCSc1nc(=[NH2+])ss1.[I-]. The Kier molecular flexibility index (Phi) is 5.98. The number of halogens is 1. The molecule has 0 unspecified atom stereocenters. The van der Waals surface area contributed by atoms with Crippen LogP contribution in [-0.2, 0) is 0 Å². The zero-order chi connectivity index (χ0) is 6.69. The van der Waals surface area contributed by atoms with Crippen molar-refractivity contribution in [1.29, 1.82) is 0 Å². The fourth-order valence-electron chi connectivity index (χ4n) is 0.385. The minimum Gasteiger partial charge on any atom is -1.00 e. The summed E-state index contributed by atoms with van der Waals surface area (Å²) >= 11 is 1.73. The van der Waals surface area contributed by atoms with E-state index in [1.165, 1.54) is 10.3 Å². The molecule has 0 aliphatic rings. The van der Waals surface area contributed by atoms with Gasteiger partial charge in [-0.15, -0.1) is 0 Å². The maximum absolute atomic E-state index is 5.41. The Morgan fingerprint density at radius 2 is 2.30 bits per heavy atom. The summed E-state index contributed by atoms with van der Waals surface area (Å²) in [7, 11) is 3.17. The van der Waals surface area contributed by atoms with Gasteiger partial charge >= 0.3 is 4.80 Å². The summed E-state index contributed by atoms with van der Waals surface area (Å²) in [5, 5.41) is 5.41. The molecule has 1 rings (SSSR count). The fraction of sp³-hybridized carbons (Fsp3) is 0.500. The van der Waals surface area contributed by atoms with Crippen LogP contribution in [0.2, 0.25) is 0 Å². The number of nitrogens with zero attached hydrogens (tertiary/aromatic N) is 1. The van der Waals surface area contributed by atoms with E-state index in [4.69, 9.17) is 5.41 Å². The molecule has 1 heterocycles. The Morgan fingerprint density at radius 1 is 1.60 bits per heavy atom. The number of nitrogens with two attached hydrogens (primary N) is 1. The predicted octanol–water partition coefficient (Wildman–Crippen LogP) is -3.02. The molecule has 1 aromatic rings. The Hall–Kier alpha value is 0.860. The topological polar surface area (TPSA) is 38.5 Å². The molecule has 1 aromatic heterocycles. The molecule has 10 heavy (non-hydrogen) atoms. The van der Waals surface area contributed by atoms with Crippen LogP contribution in [0, 0.1) is 0 Å². The second-order valence-electron chi connectivity index (χ2n) is 1.32. The monoisotopic (exact) mass is 306 g/mol. The van der Waals surface area contributed by atoms with E-state index in [9.17, 15) is 0 Å². The van der Waals surface area contributed by atoms with Crippen LogP contribution < -0.4 is 34.2 Å². The largest absolute Gasteiger partial charge is 1.00 e. The highest BCUT2D eigenvalue weighted by Gasteiger charge is 2.03. The first-order chi connectivity index (χ1) is 4.33. The second kappa shape index (κ2) is 5.50. The van der Waals surface area contributed by atoms with E-state index in [0.717, 1.165) is 10.1 Å². The molecule has 2 N–H and O–H groups in total. The van der Waals surface area contributed by atoms with Crippen molar-refractivity contribution in [3.05, 3.63) is 4.80 Å². The average molecular weight is 306 g/mol. The van der Waals surface area contributed by atoms with Gasteiger partial charge in [-0.1, -0.05) is 18.7 Å². The molecular weight excluding hydrogens is 299 g/mol. The lowest BCUT2D eigenvalue weighted by Gasteiger charge is -1.77. The summed E-state index contributed by atoms with van der Waals surface area (Å²) in [6.07, 6.45) is 0. The number of hydrogen-bond donors (Lipinski definition) is 1. The van der Waals surface area contributed by atoms with Crippen molar-refractivity contribution >= 4 is 32.4 Å². The number of rotatable bonds is 2. The molecule has 0 aromatic carbocycles. The van der Waals surface area contributed by atoms with Gasteiger partial charge in [0.15, 0.2) is 0 Å². The molecule has 0 radical (unpaired) electrons. The second-order valence-corrected chi connectivity index (χ2v) is 4.97. The molecular formula is C4H7IN2S3. The van der Waals surface area contributed by atoms with E-state index in [1.807, 2.05) is 0 Å². The van der Waals surface area contributed by atoms with E-state index >= 15 is 0 Å². The molecule has 58 valence electrons. The van der Waals surface area contributed by atoms with Crippen LogP contribution in [0.1, 0.15) is 6.92 Å². The molecule has 0 aliphatic carbocycles. The summed E-state index contributed by atoms with van der Waals surface area (Å²) in [4.78, 5) is 4.76. The van der Waals surface area contributed by atoms with Gasteiger partial charge in [-0.05, 0) is 21.1 Å². The van der Waals surface area contributed by atoms with Crippen molar-refractivity contribution in [2.24, 2.45) is 0 Å². The van der Waals surface area contributed by atoms with E-state index in [2.05, 4.69) is 11.9 Å². The van der Waals surface area contributed by atoms with Crippen molar-refractivity contribution in [2.75, 3.05) is 5.75 Å². The molecule has 6 heteroatoms. The Labute approximate surface area is 88.0 Å². The van der Waals surface area contributed by atoms with Crippen LogP contribution in [0.3, 0.4) is 0 Å². The first-order valence-electron chi connectivity index (χ1n) is 2.51. The quantitative estimate of drug-likeness (QED) is 0.359. The Balaban J connectivity index is 0.000000810. The van der Waals surface area contributed by atoms with E-state index < -0.39 is 0 Å². The highest BCUT2D eigenvalue weighted by Crippen LogP contribution is 2.19. The lowest BCUT2D eigenvalue weighted by atomic mass is 11.0. The summed E-state index contributed by atoms with van der Waals surface area (Å²) in [6, 6.07) is 0. The molecule has 0 saturated heterocycles. The Morgan fingerprint density at radius 3 is 2.70 bits per heavy atom. The number of aromatic nitrogens is 1. The molecule has 0 amide bonds. The third-order valence-electron chi connectivity index (χ3n) is 0.668. The van der Waals surface area contributed by atoms with Crippen molar-refractivity contribution in [2.45, 2.75) is 11.3 Å². The van der Waals surface area contributed by atoms with Gasteiger partial charge in [0, 0.05) is 10.3 Å². The van der Waals surface area contributed by atoms with Crippen LogP contribution in [0.5, 0.6) is 0 Å². The number of thioether (sulfide) groups is 1. The first kappa shape index (κ1) is 10.9. The highest BCUT2D eigenvalue weighted by atomic mass is 127. The lowest BCUT2D eigenvalue weighted by molar-refractivity contribution is -0.172. The third-order valence-corrected chi connectivity index (χ3v) is 4.03. The van der Waals surface area contributed by atoms with E-state index in [-0.39, 0.29) is 24.0 Å². The molecule has 0 atom stereocenters. The van der Waals surface area contributed by atoms with Crippen LogP contribution in [0.25, 0.3) is 0 Å². The van der Waals surface area contributed by atoms with Gasteiger partial charge in [0.2, 0.25) is 0 Å².